The molecule has 4 nitrogen and oxygen atoms in total. The highest BCUT2D eigenvalue weighted by atomic mass is 32.1. The molecule has 4 rings (SSSR count). The van der Waals surface area contributed by atoms with E-state index in [-0.39, 0.29) is 5.75 Å². The molecule has 0 bridgehead atoms. The van der Waals surface area contributed by atoms with Gasteiger partial charge in [0, 0.05) is 16.2 Å². The van der Waals surface area contributed by atoms with Crippen LogP contribution < -0.4 is 4.74 Å². The number of hydrogen-bond donors (Lipinski definition) is 2. The standard InChI is InChI=1S/C23H16O4S/c24-17-9-12-19-20(14-17)28-23(16-4-2-1-3-5-16)22(19)27-18-10-6-15(7-11-18)8-13-21(25)26/h1-14,24H,(H,25,26)/b13-8+. The lowest BCUT2D eigenvalue weighted by Gasteiger charge is -2.08. The number of phenols is 1. The van der Waals surface area contributed by atoms with E-state index in [1.807, 2.05) is 36.4 Å². The maximum atomic E-state index is 10.6. The van der Waals surface area contributed by atoms with Crippen LogP contribution in [0.5, 0.6) is 17.2 Å². The molecule has 0 atom stereocenters. The number of phenolic OH excluding ortho intramolecular Hbond substituents is 1. The first kappa shape index (κ1) is 17.8. The summed E-state index contributed by atoms with van der Waals surface area (Å²) in [5.41, 5.74) is 1.82. The van der Waals surface area contributed by atoms with Crippen LogP contribution in [0.3, 0.4) is 0 Å². The summed E-state index contributed by atoms with van der Waals surface area (Å²) in [6.45, 7) is 0. The van der Waals surface area contributed by atoms with Crippen LogP contribution in [-0.2, 0) is 4.79 Å². The third kappa shape index (κ3) is 3.75. The first-order valence-electron chi connectivity index (χ1n) is 8.60. The summed E-state index contributed by atoms with van der Waals surface area (Å²) in [5, 5.41) is 19.5. The second-order valence-electron chi connectivity index (χ2n) is 6.15. The maximum absolute atomic E-state index is 10.6. The fourth-order valence-electron chi connectivity index (χ4n) is 2.87. The predicted octanol–water partition coefficient (Wildman–Crippen LogP) is 6.16. The van der Waals surface area contributed by atoms with Gasteiger partial charge in [-0.3, -0.25) is 0 Å². The molecule has 0 radical (unpaired) electrons. The summed E-state index contributed by atoms with van der Waals surface area (Å²) in [4.78, 5) is 11.6. The average molecular weight is 388 g/mol. The topological polar surface area (TPSA) is 66.8 Å². The molecular weight excluding hydrogens is 372 g/mol. The first-order chi connectivity index (χ1) is 13.6. The summed E-state index contributed by atoms with van der Waals surface area (Å²) < 4.78 is 7.17. The maximum Gasteiger partial charge on any atom is 0.328 e. The Bertz CT molecular complexity index is 1160. The van der Waals surface area contributed by atoms with Gasteiger partial charge in [0.1, 0.15) is 11.5 Å². The molecule has 0 aliphatic heterocycles. The minimum atomic E-state index is -0.985. The van der Waals surface area contributed by atoms with Gasteiger partial charge in [-0.2, -0.15) is 0 Å². The normalized spacial score (nSPS) is 11.1. The van der Waals surface area contributed by atoms with Gasteiger partial charge in [0.25, 0.3) is 0 Å². The molecule has 2 N–H and O–H groups in total. The van der Waals surface area contributed by atoms with Gasteiger partial charge in [0.2, 0.25) is 0 Å². The van der Waals surface area contributed by atoms with Gasteiger partial charge in [-0.15, -0.1) is 11.3 Å². The van der Waals surface area contributed by atoms with Gasteiger partial charge in [0.05, 0.1) is 4.88 Å². The third-order valence-electron chi connectivity index (χ3n) is 4.18. The fourth-order valence-corrected chi connectivity index (χ4v) is 4.04. The second kappa shape index (κ2) is 7.58. The molecule has 1 aromatic heterocycles. The lowest BCUT2D eigenvalue weighted by molar-refractivity contribution is -0.131. The van der Waals surface area contributed by atoms with Gasteiger partial charge in [0.15, 0.2) is 5.75 Å². The first-order valence-corrected chi connectivity index (χ1v) is 9.42. The molecule has 3 aromatic carbocycles. The van der Waals surface area contributed by atoms with Crippen molar-refractivity contribution in [1.82, 2.24) is 0 Å². The number of rotatable bonds is 5. The average Bonchev–Trinajstić information content (AvgIpc) is 3.05. The van der Waals surface area contributed by atoms with Crippen LogP contribution in [0, 0.1) is 0 Å². The van der Waals surface area contributed by atoms with E-state index >= 15 is 0 Å². The number of hydrogen-bond acceptors (Lipinski definition) is 4. The lowest BCUT2D eigenvalue weighted by Crippen LogP contribution is -1.87. The number of benzene rings is 3. The number of aromatic hydroxyl groups is 1. The Hall–Kier alpha value is -3.57. The minimum Gasteiger partial charge on any atom is -0.508 e. The largest absolute Gasteiger partial charge is 0.508 e. The van der Waals surface area contributed by atoms with Crippen molar-refractivity contribution in [1.29, 1.82) is 0 Å². The van der Waals surface area contributed by atoms with E-state index in [0.717, 1.165) is 37.9 Å². The van der Waals surface area contributed by atoms with E-state index in [4.69, 9.17) is 9.84 Å². The zero-order valence-electron chi connectivity index (χ0n) is 14.7. The van der Waals surface area contributed by atoms with Crippen molar-refractivity contribution in [2.45, 2.75) is 0 Å². The molecule has 0 fully saturated rings. The van der Waals surface area contributed by atoms with Crippen LogP contribution in [0.4, 0.5) is 0 Å². The van der Waals surface area contributed by atoms with Crippen molar-refractivity contribution in [3.8, 4) is 27.7 Å². The van der Waals surface area contributed by atoms with E-state index < -0.39 is 5.97 Å². The molecule has 0 spiro atoms. The van der Waals surface area contributed by atoms with Crippen molar-refractivity contribution in [2.75, 3.05) is 0 Å². The Morgan fingerprint density at radius 2 is 1.71 bits per heavy atom. The number of aliphatic carboxylic acids is 1. The molecule has 28 heavy (non-hydrogen) atoms. The highest BCUT2D eigenvalue weighted by molar-refractivity contribution is 7.22. The lowest BCUT2D eigenvalue weighted by atomic mass is 10.1. The van der Waals surface area contributed by atoms with Gasteiger partial charge < -0.3 is 14.9 Å². The summed E-state index contributed by atoms with van der Waals surface area (Å²) in [6, 6.07) is 22.4. The Labute approximate surface area is 165 Å². The predicted molar refractivity (Wildman–Crippen MR) is 112 cm³/mol. The summed E-state index contributed by atoms with van der Waals surface area (Å²) in [6.07, 6.45) is 2.63. The molecule has 0 saturated heterocycles. The second-order valence-corrected chi connectivity index (χ2v) is 7.20. The monoisotopic (exact) mass is 388 g/mol. The van der Waals surface area contributed by atoms with Gasteiger partial charge in [-0.25, -0.2) is 4.79 Å². The number of ether oxygens (including phenoxy) is 1. The van der Waals surface area contributed by atoms with E-state index in [0.29, 0.717) is 5.75 Å². The van der Waals surface area contributed by atoms with Gasteiger partial charge in [-0.05, 0) is 47.5 Å². The van der Waals surface area contributed by atoms with Crippen LogP contribution in [0.15, 0.2) is 78.9 Å². The van der Waals surface area contributed by atoms with Gasteiger partial charge >= 0.3 is 5.97 Å². The van der Waals surface area contributed by atoms with Crippen molar-refractivity contribution in [3.63, 3.8) is 0 Å². The molecule has 0 saturated carbocycles. The van der Waals surface area contributed by atoms with Crippen LogP contribution in [-0.4, -0.2) is 16.2 Å². The van der Waals surface area contributed by atoms with Crippen LogP contribution in [0.2, 0.25) is 0 Å². The fraction of sp³-hybridized carbons (Fsp3) is 0. The molecule has 5 heteroatoms. The van der Waals surface area contributed by atoms with Crippen molar-refractivity contribution in [2.24, 2.45) is 0 Å². The quantitative estimate of drug-likeness (QED) is 0.402. The van der Waals surface area contributed by atoms with E-state index in [2.05, 4.69) is 0 Å². The Balaban J connectivity index is 1.74. The molecule has 0 aliphatic carbocycles. The molecule has 138 valence electrons. The van der Waals surface area contributed by atoms with E-state index in [1.54, 1.807) is 47.7 Å². The molecule has 0 amide bonds. The molecule has 0 unspecified atom stereocenters. The molecular formula is C23H16O4S. The summed E-state index contributed by atoms with van der Waals surface area (Å²) in [7, 11) is 0. The molecule has 1 heterocycles. The number of carbonyl (C=O) groups is 1. The van der Waals surface area contributed by atoms with Crippen LogP contribution >= 0.6 is 11.3 Å². The number of carboxylic acids is 1. The van der Waals surface area contributed by atoms with Crippen molar-refractivity contribution < 1.29 is 19.7 Å². The highest BCUT2D eigenvalue weighted by Crippen LogP contribution is 2.47. The smallest absolute Gasteiger partial charge is 0.328 e. The Kier molecular flexibility index (Phi) is 4.83. The number of thiophene rings is 1. The third-order valence-corrected chi connectivity index (χ3v) is 5.37. The van der Waals surface area contributed by atoms with Crippen LogP contribution in [0.25, 0.3) is 26.6 Å². The molecule has 4 aromatic rings. The van der Waals surface area contributed by atoms with Crippen molar-refractivity contribution in [3.05, 3.63) is 84.4 Å². The Morgan fingerprint density at radius 3 is 2.43 bits per heavy atom. The van der Waals surface area contributed by atoms with Gasteiger partial charge in [-0.1, -0.05) is 42.5 Å². The number of fused-ring (bicyclic) bond motifs is 1. The van der Waals surface area contributed by atoms with Crippen molar-refractivity contribution >= 4 is 33.5 Å². The van der Waals surface area contributed by atoms with E-state index in [9.17, 15) is 9.90 Å². The minimum absolute atomic E-state index is 0.217. The summed E-state index contributed by atoms with van der Waals surface area (Å²) in [5.74, 6) is 0.618. The molecule has 0 aliphatic rings. The summed E-state index contributed by atoms with van der Waals surface area (Å²) >= 11 is 1.56. The van der Waals surface area contributed by atoms with Crippen LogP contribution in [0.1, 0.15) is 5.56 Å². The van der Waals surface area contributed by atoms with E-state index in [1.165, 1.54) is 6.08 Å². The Morgan fingerprint density at radius 1 is 0.964 bits per heavy atom. The zero-order chi connectivity index (χ0) is 19.5. The zero-order valence-corrected chi connectivity index (χ0v) is 15.5. The number of carboxylic acid groups (broad SMARTS) is 1. The highest BCUT2D eigenvalue weighted by Gasteiger charge is 2.16. The SMILES string of the molecule is O=C(O)/C=C/c1ccc(Oc2c(-c3ccccc3)sc3cc(O)ccc23)cc1.